The van der Waals surface area contributed by atoms with E-state index in [9.17, 15) is 5.11 Å². The van der Waals surface area contributed by atoms with Crippen molar-refractivity contribution >= 4 is 16.5 Å². The molecule has 106 valence electrons. The van der Waals surface area contributed by atoms with Crippen molar-refractivity contribution in [1.29, 1.82) is 0 Å². The number of para-hydroxylation sites is 1. The maximum absolute atomic E-state index is 10.0. The first-order chi connectivity index (χ1) is 10.2. The molecule has 1 atom stereocenters. The molecule has 2 N–H and O–H groups in total. The fraction of sp³-hybridized carbons (Fsp3) is 0.158. The van der Waals surface area contributed by atoms with Crippen LogP contribution in [0.1, 0.15) is 24.1 Å². The zero-order chi connectivity index (χ0) is 14.8. The maximum Gasteiger partial charge on any atom is 0.138 e. The van der Waals surface area contributed by atoms with Crippen molar-refractivity contribution in [2.24, 2.45) is 0 Å². The molecule has 0 bridgehead atoms. The van der Waals surface area contributed by atoms with Crippen LogP contribution in [0.4, 0.5) is 5.69 Å². The molecular weight excluding hydrogens is 258 g/mol. The third-order valence-electron chi connectivity index (χ3n) is 3.90. The minimum atomic E-state index is 0.114. The van der Waals surface area contributed by atoms with Crippen molar-refractivity contribution < 1.29 is 5.11 Å². The summed E-state index contributed by atoms with van der Waals surface area (Å²) in [6, 6.07) is 20.4. The number of phenolic OH excluding ortho intramolecular Hbond substituents is 1. The van der Waals surface area contributed by atoms with Gasteiger partial charge < -0.3 is 10.4 Å². The van der Waals surface area contributed by atoms with Crippen LogP contribution in [0.25, 0.3) is 10.8 Å². The summed E-state index contributed by atoms with van der Waals surface area (Å²) < 4.78 is 0. The van der Waals surface area contributed by atoms with Crippen LogP contribution < -0.4 is 5.32 Å². The molecule has 0 aliphatic heterocycles. The fourth-order valence-corrected chi connectivity index (χ4v) is 2.76. The van der Waals surface area contributed by atoms with E-state index in [-0.39, 0.29) is 6.04 Å². The third-order valence-corrected chi connectivity index (χ3v) is 3.90. The van der Waals surface area contributed by atoms with Gasteiger partial charge in [-0.15, -0.1) is 0 Å². The second kappa shape index (κ2) is 5.49. The van der Waals surface area contributed by atoms with E-state index in [0.29, 0.717) is 5.75 Å². The van der Waals surface area contributed by atoms with E-state index in [4.69, 9.17) is 0 Å². The molecule has 0 aromatic heterocycles. The lowest BCUT2D eigenvalue weighted by molar-refractivity contribution is 0.476. The van der Waals surface area contributed by atoms with Crippen molar-refractivity contribution in [3.05, 3.63) is 71.8 Å². The van der Waals surface area contributed by atoms with Crippen molar-refractivity contribution in [2.75, 3.05) is 5.32 Å². The Labute approximate surface area is 125 Å². The zero-order valence-electron chi connectivity index (χ0n) is 12.3. The van der Waals surface area contributed by atoms with Gasteiger partial charge in [0.05, 0.1) is 5.69 Å². The summed E-state index contributed by atoms with van der Waals surface area (Å²) in [6.07, 6.45) is 0. The number of rotatable bonds is 3. The van der Waals surface area contributed by atoms with E-state index in [1.165, 1.54) is 16.3 Å². The lowest BCUT2D eigenvalue weighted by atomic mass is 9.99. The summed E-state index contributed by atoms with van der Waals surface area (Å²) in [5.41, 5.74) is 3.08. The van der Waals surface area contributed by atoms with E-state index >= 15 is 0 Å². The number of hydrogen-bond acceptors (Lipinski definition) is 2. The predicted molar refractivity (Wildman–Crippen MR) is 88.8 cm³/mol. The quantitative estimate of drug-likeness (QED) is 0.658. The highest BCUT2D eigenvalue weighted by molar-refractivity contribution is 5.86. The Morgan fingerprint density at radius 2 is 1.62 bits per heavy atom. The average molecular weight is 277 g/mol. The lowest BCUT2D eigenvalue weighted by Crippen LogP contribution is -2.08. The van der Waals surface area contributed by atoms with E-state index < -0.39 is 0 Å². The van der Waals surface area contributed by atoms with Crippen molar-refractivity contribution in [1.82, 2.24) is 0 Å². The lowest BCUT2D eigenvalue weighted by Gasteiger charge is -2.20. The van der Waals surface area contributed by atoms with E-state index in [1.54, 1.807) is 6.07 Å². The maximum atomic E-state index is 10.0. The highest BCUT2D eigenvalue weighted by Crippen LogP contribution is 2.32. The predicted octanol–water partition coefficient (Wildman–Crippen LogP) is 5.03. The van der Waals surface area contributed by atoms with E-state index in [2.05, 4.69) is 54.7 Å². The molecular formula is C19H19NO. The highest BCUT2D eigenvalue weighted by Gasteiger charge is 2.12. The van der Waals surface area contributed by atoms with Gasteiger partial charge in [0.15, 0.2) is 0 Å². The van der Waals surface area contributed by atoms with Gasteiger partial charge in [0.2, 0.25) is 0 Å². The van der Waals surface area contributed by atoms with Crippen molar-refractivity contribution in [3.8, 4) is 5.75 Å². The van der Waals surface area contributed by atoms with Crippen LogP contribution >= 0.6 is 0 Å². The molecule has 3 aromatic carbocycles. The van der Waals surface area contributed by atoms with Gasteiger partial charge in [-0.05, 0) is 41.8 Å². The SMILES string of the molecule is Cc1cccc(O)c1NC(C)c1cccc2ccccc12. The van der Waals surface area contributed by atoms with Gasteiger partial charge in [0.1, 0.15) is 5.75 Å². The van der Waals surface area contributed by atoms with Gasteiger partial charge in [-0.3, -0.25) is 0 Å². The summed E-state index contributed by atoms with van der Waals surface area (Å²) in [6.45, 7) is 4.12. The monoisotopic (exact) mass is 277 g/mol. The molecule has 0 amide bonds. The molecule has 3 aromatic rings. The molecule has 0 aliphatic carbocycles. The number of aromatic hydroxyl groups is 1. The zero-order valence-corrected chi connectivity index (χ0v) is 12.3. The fourth-order valence-electron chi connectivity index (χ4n) is 2.76. The van der Waals surface area contributed by atoms with E-state index in [0.717, 1.165) is 11.3 Å². The van der Waals surface area contributed by atoms with Gasteiger partial charge >= 0.3 is 0 Å². The Hall–Kier alpha value is -2.48. The number of benzene rings is 3. The molecule has 0 saturated carbocycles. The normalized spacial score (nSPS) is 12.3. The second-order valence-electron chi connectivity index (χ2n) is 5.40. The molecule has 3 rings (SSSR count). The number of nitrogens with one attached hydrogen (secondary N) is 1. The first kappa shape index (κ1) is 13.5. The third kappa shape index (κ3) is 2.57. The number of aryl methyl sites for hydroxylation is 1. The molecule has 0 saturated heterocycles. The Morgan fingerprint density at radius 1 is 0.905 bits per heavy atom. The van der Waals surface area contributed by atoms with Crippen LogP contribution in [0.5, 0.6) is 5.75 Å². The molecule has 0 fully saturated rings. The molecule has 0 aliphatic rings. The summed E-state index contributed by atoms with van der Waals surface area (Å²) in [5.74, 6) is 0.294. The van der Waals surface area contributed by atoms with Crippen LogP contribution in [-0.4, -0.2) is 5.11 Å². The number of hydrogen-bond donors (Lipinski definition) is 2. The molecule has 0 radical (unpaired) electrons. The largest absolute Gasteiger partial charge is 0.506 e. The minimum absolute atomic E-state index is 0.114. The molecule has 0 heterocycles. The van der Waals surface area contributed by atoms with Crippen LogP contribution in [0.2, 0.25) is 0 Å². The first-order valence-electron chi connectivity index (χ1n) is 7.19. The van der Waals surface area contributed by atoms with Crippen molar-refractivity contribution in [3.63, 3.8) is 0 Å². The Kier molecular flexibility index (Phi) is 3.53. The average Bonchev–Trinajstić information content (AvgIpc) is 2.50. The summed E-state index contributed by atoms with van der Waals surface area (Å²) in [7, 11) is 0. The Morgan fingerprint density at radius 3 is 2.43 bits per heavy atom. The first-order valence-corrected chi connectivity index (χ1v) is 7.19. The van der Waals surface area contributed by atoms with Crippen molar-refractivity contribution in [2.45, 2.75) is 19.9 Å². The summed E-state index contributed by atoms with van der Waals surface area (Å²) in [5, 5.41) is 16.0. The molecule has 1 unspecified atom stereocenters. The van der Waals surface area contributed by atoms with Gasteiger partial charge in [0.25, 0.3) is 0 Å². The van der Waals surface area contributed by atoms with Crippen LogP contribution in [0.15, 0.2) is 60.7 Å². The van der Waals surface area contributed by atoms with Gasteiger partial charge in [-0.25, -0.2) is 0 Å². The van der Waals surface area contributed by atoms with Crippen LogP contribution in [0.3, 0.4) is 0 Å². The summed E-state index contributed by atoms with van der Waals surface area (Å²) in [4.78, 5) is 0. The number of anilines is 1. The molecule has 0 spiro atoms. The Bertz CT molecular complexity index is 754. The smallest absolute Gasteiger partial charge is 0.138 e. The van der Waals surface area contributed by atoms with Gasteiger partial charge in [0, 0.05) is 6.04 Å². The molecule has 21 heavy (non-hydrogen) atoms. The molecule has 2 nitrogen and oxygen atoms in total. The van der Waals surface area contributed by atoms with Crippen LogP contribution in [-0.2, 0) is 0 Å². The summed E-state index contributed by atoms with van der Waals surface area (Å²) >= 11 is 0. The number of phenols is 1. The standard InChI is InChI=1S/C19H19NO/c1-13-7-5-12-18(21)19(13)20-14(2)16-11-6-9-15-8-3-4-10-17(15)16/h3-12,14,20-21H,1-2H3. The molecule has 2 heteroatoms. The van der Waals surface area contributed by atoms with Crippen LogP contribution in [0, 0.1) is 6.92 Å². The Balaban J connectivity index is 2.00. The topological polar surface area (TPSA) is 32.3 Å². The van der Waals surface area contributed by atoms with E-state index in [1.807, 2.05) is 19.1 Å². The highest BCUT2D eigenvalue weighted by atomic mass is 16.3. The second-order valence-corrected chi connectivity index (χ2v) is 5.40. The van der Waals surface area contributed by atoms with Gasteiger partial charge in [-0.2, -0.15) is 0 Å². The number of fused-ring (bicyclic) bond motifs is 1. The van der Waals surface area contributed by atoms with Gasteiger partial charge in [-0.1, -0.05) is 54.6 Å². The minimum Gasteiger partial charge on any atom is -0.506 e.